The number of imidazole rings is 1. The zero-order valence-corrected chi connectivity index (χ0v) is 10.7. The van der Waals surface area contributed by atoms with Gasteiger partial charge in [-0.25, -0.2) is 4.98 Å². The van der Waals surface area contributed by atoms with Crippen LogP contribution in [0.25, 0.3) is 0 Å². The molecular formula is C13H24N2O. The van der Waals surface area contributed by atoms with E-state index in [1.165, 1.54) is 12.8 Å². The van der Waals surface area contributed by atoms with Gasteiger partial charge >= 0.3 is 0 Å². The molecule has 3 heteroatoms. The summed E-state index contributed by atoms with van der Waals surface area (Å²) in [6, 6.07) is 0. The molecule has 1 aromatic heterocycles. The number of nitrogens with zero attached hydrogens (tertiary/aromatic N) is 2. The van der Waals surface area contributed by atoms with Crippen LogP contribution in [0, 0.1) is 0 Å². The SMILES string of the molecule is CCCCCC(C)(O)Cc1nccn1CC. The van der Waals surface area contributed by atoms with Gasteiger partial charge in [0.25, 0.3) is 0 Å². The molecule has 1 rings (SSSR count). The third-order valence-corrected chi connectivity index (χ3v) is 3.00. The Balaban J connectivity index is 2.51. The molecular weight excluding hydrogens is 200 g/mol. The van der Waals surface area contributed by atoms with E-state index in [0.717, 1.165) is 25.2 Å². The number of unbranched alkanes of at least 4 members (excludes halogenated alkanes) is 2. The van der Waals surface area contributed by atoms with Gasteiger partial charge in [-0.15, -0.1) is 0 Å². The lowest BCUT2D eigenvalue weighted by molar-refractivity contribution is 0.0458. The van der Waals surface area contributed by atoms with Gasteiger partial charge in [0.05, 0.1) is 5.60 Å². The lowest BCUT2D eigenvalue weighted by Crippen LogP contribution is -2.28. The zero-order chi connectivity index (χ0) is 12.0. The van der Waals surface area contributed by atoms with Crippen LogP contribution in [0.1, 0.15) is 52.3 Å². The van der Waals surface area contributed by atoms with Crippen LogP contribution in [-0.2, 0) is 13.0 Å². The van der Waals surface area contributed by atoms with Crippen LogP contribution in [0.5, 0.6) is 0 Å². The average Bonchev–Trinajstić information content (AvgIpc) is 2.64. The van der Waals surface area contributed by atoms with Gasteiger partial charge in [0.1, 0.15) is 5.82 Å². The highest BCUT2D eigenvalue weighted by Crippen LogP contribution is 2.19. The highest BCUT2D eigenvalue weighted by molar-refractivity contribution is 4.97. The van der Waals surface area contributed by atoms with Gasteiger partial charge in [-0.05, 0) is 20.3 Å². The fourth-order valence-electron chi connectivity index (χ4n) is 1.98. The third-order valence-electron chi connectivity index (χ3n) is 3.00. The molecule has 3 nitrogen and oxygen atoms in total. The van der Waals surface area contributed by atoms with Crippen molar-refractivity contribution in [1.29, 1.82) is 0 Å². The van der Waals surface area contributed by atoms with Gasteiger partial charge in [-0.3, -0.25) is 0 Å². The van der Waals surface area contributed by atoms with E-state index in [-0.39, 0.29) is 0 Å². The van der Waals surface area contributed by atoms with Gasteiger partial charge in [0.15, 0.2) is 0 Å². The molecule has 0 aliphatic carbocycles. The van der Waals surface area contributed by atoms with E-state index in [0.29, 0.717) is 6.42 Å². The lowest BCUT2D eigenvalue weighted by Gasteiger charge is -2.23. The molecule has 0 amide bonds. The van der Waals surface area contributed by atoms with Crippen molar-refractivity contribution < 1.29 is 5.11 Å². The second-order valence-corrected chi connectivity index (χ2v) is 4.76. The predicted molar refractivity (Wildman–Crippen MR) is 66.4 cm³/mol. The molecule has 1 atom stereocenters. The minimum Gasteiger partial charge on any atom is -0.390 e. The predicted octanol–water partition coefficient (Wildman–Crippen LogP) is 2.78. The summed E-state index contributed by atoms with van der Waals surface area (Å²) in [5.41, 5.74) is -0.618. The molecule has 0 spiro atoms. The Kier molecular flexibility index (Phi) is 5.00. The van der Waals surface area contributed by atoms with Gasteiger partial charge in [-0.1, -0.05) is 26.2 Å². The smallest absolute Gasteiger partial charge is 0.111 e. The number of rotatable bonds is 7. The van der Waals surface area contributed by atoms with Crippen molar-refractivity contribution in [2.24, 2.45) is 0 Å². The maximum Gasteiger partial charge on any atom is 0.111 e. The van der Waals surface area contributed by atoms with Crippen molar-refractivity contribution in [3.05, 3.63) is 18.2 Å². The first-order valence-corrected chi connectivity index (χ1v) is 6.31. The molecule has 0 aliphatic rings. The standard InChI is InChI=1S/C13H24N2O/c1-4-6-7-8-13(3,16)11-12-14-9-10-15(12)5-2/h9-10,16H,4-8,11H2,1-3H3. The lowest BCUT2D eigenvalue weighted by atomic mass is 9.94. The van der Waals surface area contributed by atoms with Gasteiger partial charge in [0.2, 0.25) is 0 Å². The Morgan fingerprint density at radius 1 is 1.38 bits per heavy atom. The molecule has 92 valence electrons. The Hall–Kier alpha value is -0.830. The summed E-state index contributed by atoms with van der Waals surface area (Å²) in [5.74, 6) is 0.990. The second kappa shape index (κ2) is 6.04. The molecule has 0 bridgehead atoms. The average molecular weight is 224 g/mol. The Morgan fingerprint density at radius 3 is 2.75 bits per heavy atom. The molecule has 0 saturated carbocycles. The van der Waals surface area contributed by atoms with Crippen molar-refractivity contribution >= 4 is 0 Å². The molecule has 1 heterocycles. The van der Waals surface area contributed by atoms with Crippen LogP contribution in [0.3, 0.4) is 0 Å². The van der Waals surface area contributed by atoms with E-state index in [1.54, 1.807) is 6.20 Å². The molecule has 0 saturated heterocycles. The maximum atomic E-state index is 10.3. The summed E-state index contributed by atoms with van der Waals surface area (Å²) in [7, 11) is 0. The van der Waals surface area contributed by atoms with E-state index < -0.39 is 5.60 Å². The third kappa shape index (κ3) is 3.97. The highest BCUT2D eigenvalue weighted by atomic mass is 16.3. The summed E-state index contributed by atoms with van der Waals surface area (Å²) >= 11 is 0. The molecule has 0 aromatic carbocycles. The topological polar surface area (TPSA) is 38.1 Å². The van der Waals surface area contributed by atoms with Crippen molar-refractivity contribution in [3.63, 3.8) is 0 Å². The number of hydrogen-bond acceptors (Lipinski definition) is 2. The first-order chi connectivity index (χ1) is 7.59. The molecule has 0 aliphatic heterocycles. The summed E-state index contributed by atoms with van der Waals surface area (Å²) < 4.78 is 2.09. The van der Waals surface area contributed by atoms with E-state index >= 15 is 0 Å². The van der Waals surface area contributed by atoms with Crippen LogP contribution in [0.15, 0.2) is 12.4 Å². The number of hydrogen-bond donors (Lipinski definition) is 1. The maximum absolute atomic E-state index is 10.3. The summed E-state index contributed by atoms with van der Waals surface area (Å²) in [6.45, 7) is 7.10. The van der Waals surface area contributed by atoms with Gasteiger partial charge < -0.3 is 9.67 Å². The molecule has 1 unspecified atom stereocenters. The number of aryl methyl sites for hydroxylation is 1. The molecule has 1 N–H and O–H groups in total. The first kappa shape index (κ1) is 13.2. The summed E-state index contributed by atoms with van der Waals surface area (Å²) in [6.07, 6.45) is 8.77. The first-order valence-electron chi connectivity index (χ1n) is 6.31. The largest absolute Gasteiger partial charge is 0.390 e. The summed E-state index contributed by atoms with van der Waals surface area (Å²) in [4.78, 5) is 4.30. The van der Waals surface area contributed by atoms with Crippen molar-refractivity contribution in [3.8, 4) is 0 Å². The molecule has 1 aromatic rings. The number of aliphatic hydroxyl groups is 1. The zero-order valence-electron chi connectivity index (χ0n) is 10.7. The van der Waals surface area contributed by atoms with E-state index in [2.05, 4.69) is 23.4 Å². The fourth-order valence-corrected chi connectivity index (χ4v) is 1.98. The quantitative estimate of drug-likeness (QED) is 0.723. The normalized spacial score (nSPS) is 15.0. The molecule has 0 fully saturated rings. The van der Waals surface area contributed by atoms with Crippen molar-refractivity contribution in [2.75, 3.05) is 0 Å². The van der Waals surface area contributed by atoms with E-state index in [1.807, 2.05) is 13.1 Å². The Bertz CT molecular complexity index is 305. The van der Waals surface area contributed by atoms with E-state index in [9.17, 15) is 5.11 Å². The van der Waals surface area contributed by atoms with Crippen LogP contribution in [0.2, 0.25) is 0 Å². The molecule has 16 heavy (non-hydrogen) atoms. The van der Waals surface area contributed by atoms with Crippen LogP contribution < -0.4 is 0 Å². The molecule has 0 radical (unpaired) electrons. The van der Waals surface area contributed by atoms with Crippen molar-refractivity contribution in [1.82, 2.24) is 9.55 Å². The Labute approximate surface area is 98.5 Å². The minimum atomic E-state index is -0.618. The Morgan fingerprint density at radius 2 is 2.12 bits per heavy atom. The summed E-state index contributed by atoms with van der Waals surface area (Å²) in [5, 5.41) is 10.3. The second-order valence-electron chi connectivity index (χ2n) is 4.76. The highest BCUT2D eigenvalue weighted by Gasteiger charge is 2.22. The van der Waals surface area contributed by atoms with Crippen LogP contribution in [0.4, 0.5) is 0 Å². The van der Waals surface area contributed by atoms with Crippen LogP contribution >= 0.6 is 0 Å². The van der Waals surface area contributed by atoms with Gasteiger partial charge in [-0.2, -0.15) is 0 Å². The number of aromatic nitrogens is 2. The fraction of sp³-hybridized carbons (Fsp3) is 0.769. The van der Waals surface area contributed by atoms with E-state index in [4.69, 9.17) is 0 Å². The van der Waals surface area contributed by atoms with Crippen molar-refractivity contribution in [2.45, 2.75) is 65.0 Å². The van der Waals surface area contributed by atoms with Gasteiger partial charge in [0, 0.05) is 25.4 Å². The minimum absolute atomic E-state index is 0.618. The van der Waals surface area contributed by atoms with Crippen LogP contribution in [-0.4, -0.2) is 20.3 Å². The monoisotopic (exact) mass is 224 g/mol.